The molecule has 4 nitrogen and oxygen atoms in total. The maximum absolute atomic E-state index is 10.5. The van der Waals surface area contributed by atoms with Crippen molar-refractivity contribution in [3.8, 4) is 0 Å². The van der Waals surface area contributed by atoms with Crippen LogP contribution in [0.2, 0.25) is 0 Å². The van der Waals surface area contributed by atoms with Gasteiger partial charge in [-0.05, 0) is 24.6 Å². The summed E-state index contributed by atoms with van der Waals surface area (Å²) < 4.78 is 0. The van der Waals surface area contributed by atoms with E-state index in [4.69, 9.17) is 10.8 Å². The van der Waals surface area contributed by atoms with E-state index in [0.29, 0.717) is 5.56 Å². The Hall–Kier alpha value is -1.39. The predicted molar refractivity (Wildman–Crippen MR) is 47.2 cm³/mol. The molecule has 1 unspecified atom stereocenters. The van der Waals surface area contributed by atoms with Gasteiger partial charge in [0.15, 0.2) is 0 Å². The van der Waals surface area contributed by atoms with Gasteiger partial charge < -0.3 is 15.9 Å². The average molecular weight is 181 g/mol. The molecule has 4 N–H and O–H groups in total. The van der Waals surface area contributed by atoms with E-state index in [-0.39, 0.29) is 5.56 Å². The molecule has 0 aromatic heterocycles. The zero-order valence-electron chi connectivity index (χ0n) is 7.19. The first-order chi connectivity index (χ1) is 5.91. The lowest BCUT2D eigenvalue weighted by Gasteiger charge is -2.17. The van der Waals surface area contributed by atoms with E-state index in [2.05, 4.69) is 0 Å². The summed E-state index contributed by atoms with van der Waals surface area (Å²) >= 11 is 0. The van der Waals surface area contributed by atoms with Crippen LogP contribution in [0.1, 0.15) is 22.8 Å². The van der Waals surface area contributed by atoms with Crippen LogP contribution in [0.25, 0.3) is 0 Å². The van der Waals surface area contributed by atoms with Gasteiger partial charge in [0.1, 0.15) is 5.72 Å². The van der Waals surface area contributed by atoms with E-state index >= 15 is 0 Å². The van der Waals surface area contributed by atoms with E-state index in [9.17, 15) is 9.90 Å². The summed E-state index contributed by atoms with van der Waals surface area (Å²) in [6.07, 6.45) is 0. The number of rotatable bonds is 2. The fourth-order valence-electron chi connectivity index (χ4n) is 0.950. The first kappa shape index (κ1) is 9.70. The minimum atomic E-state index is -1.42. The lowest BCUT2D eigenvalue weighted by Crippen LogP contribution is -2.32. The van der Waals surface area contributed by atoms with E-state index < -0.39 is 11.7 Å². The lowest BCUT2D eigenvalue weighted by atomic mass is 10.0. The molecule has 0 amide bonds. The van der Waals surface area contributed by atoms with Crippen molar-refractivity contribution in [2.24, 2.45) is 5.73 Å². The summed E-state index contributed by atoms with van der Waals surface area (Å²) in [5.74, 6) is -0.997. The van der Waals surface area contributed by atoms with Crippen molar-refractivity contribution in [2.45, 2.75) is 12.6 Å². The molecule has 0 spiro atoms. The molecule has 13 heavy (non-hydrogen) atoms. The van der Waals surface area contributed by atoms with Crippen molar-refractivity contribution >= 4 is 5.97 Å². The van der Waals surface area contributed by atoms with Gasteiger partial charge in [0, 0.05) is 0 Å². The van der Waals surface area contributed by atoms with Crippen molar-refractivity contribution in [2.75, 3.05) is 0 Å². The summed E-state index contributed by atoms with van der Waals surface area (Å²) in [5, 5.41) is 17.9. The van der Waals surface area contributed by atoms with Crippen LogP contribution in [0.5, 0.6) is 0 Å². The molecule has 70 valence electrons. The zero-order chi connectivity index (χ0) is 10.1. The molecule has 0 bridgehead atoms. The van der Waals surface area contributed by atoms with Gasteiger partial charge in [-0.3, -0.25) is 0 Å². The Kier molecular flexibility index (Phi) is 2.36. The van der Waals surface area contributed by atoms with Gasteiger partial charge in [-0.2, -0.15) is 0 Å². The first-order valence-corrected chi connectivity index (χ1v) is 3.76. The third kappa shape index (κ3) is 2.27. The number of carboxylic acid groups (broad SMARTS) is 1. The maximum Gasteiger partial charge on any atom is 0.335 e. The first-order valence-electron chi connectivity index (χ1n) is 3.76. The fourth-order valence-corrected chi connectivity index (χ4v) is 0.950. The molecule has 1 aromatic carbocycles. The number of carbonyl (C=O) groups is 1. The summed E-state index contributed by atoms with van der Waals surface area (Å²) in [4.78, 5) is 10.5. The standard InChI is InChI=1S/C9H11NO3/c1-9(10,13)7-4-2-6(3-5-7)8(11)12/h2-5,13H,10H2,1H3,(H,11,12). The van der Waals surface area contributed by atoms with Crippen molar-refractivity contribution < 1.29 is 15.0 Å². The van der Waals surface area contributed by atoms with Gasteiger partial charge in [-0.15, -0.1) is 0 Å². The third-order valence-corrected chi connectivity index (χ3v) is 1.72. The van der Waals surface area contributed by atoms with E-state index in [1.807, 2.05) is 0 Å². The minimum absolute atomic E-state index is 0.174. The molecular weight excluding hydrogens is 170 g/mol. The smallest absolute Gasteiger partial charge is 0.335 e. The number of carboxylic acids is 1. The second-order valence-electron chi connectivity index (χ2n) is 3.03. The maximum atomic E-state index is 10.5. The molecule has 1 atom stereocenters. The molecule has 4 heteroatoms. The number of hydrogen-bond donors (Lipinski definition) is 3. The number of benzene rings is 1. The lowest BCUT2D eigenvalue weighted by molar-refractivity contribution is 0.0639. The van der Waals surface area contributed by atoms with Crippen molar-refractivity contribution in [3.63, 3.8) is 0 Å². The number of hydrogen-bond acceptors (Lipinski definition) is 3. The quantitative estimate of drug-likeness (QED) is 0.580. The molecule has 0 saturated heterocycles. The van der Waals surface area contributed by atoms with E-state index in [1.165, 1.54) is 31.2 Å². The highest BCUT2D eigenvalue weighted by Crippen LogP contribution is 2.14. The molecule has 0 aliphatic rings. The summed E-state index contributed by atoms with van der Waals surface area (Å²) in [6.45, 7) is 1.43. The van der Waals surface area contributed by atoms with Crippen LogP contribution in [0.3, 0.4) is 0 Å². The molecule has 1 rings (SSSR count). The summed E-state index contributed by atoms with van der Waals surface area (Å²) in [6, 6.07) is 5.78. The SMILES string of the molecule is CC(N)(O)c1ccc(C(=O)O)cc1. The Morgan fingerprint density at radius 1 is 1.38 bits per heavy atom. The van der Waals surface area contributed by atoms with Crippen molar-refractivity contribution in [1.82, 2.24) is 0 Å². The molecule has 0 radical (unpaired) electrons. The molecule has 0 heterocycles. The summed E-state index contributed by atoms with van der Waals surface area (Å²) in [7, 11) is 0. The molecular formula is C9H11NO3. The second kappa shape index (κ2) is 3.16. The number of aliphatic hydroxyl groups is 1. The monoisotopic (exact) mass is 181 g/mol. The van der Waals surface area contributed by atoms with Crippen LogP contribution in [0.15, 0.2) is 24.3 Å². The van der Waals surface area contributed by atoms with Gasteiger partial charge in [0.25, 0.3) is 0 Å². The Bertz CT molecular complexity index is 311. The summed E-state index contributed by atoms with van der Waals surface area (Å²) in [5.41, 5.74) is 4.63. The molecule has 1 aromatic rings. The van der Waals surface area contributed by atoms with Crippen LogP contribution in [-0.2, 0) is 5.72 Å². The van der Waals surface area contributed by atoms with Gasteiger partial charge in [0.05, 0.1) is 5.56 Å². The zero-order valence-corrected chi connectivity index (χ0v) is 7.19. The van der Waals surface area contributed by atoms with Gasteiger partial charge >= 0.3 is 5.97 Å². The van der Waals surface area contributed by atoms with Crippen molar-refractivity contribution in [1.29, 1.82) is 0 Å². The molecule has 0 aliphatic heterocycles. The van der Waals surface area contributed by atoms with Crippen LogP contribution in [0.4, 0.5) is 0 Å². The van der Waals surface area contributed by atoms with Crippen LogP contribution in [0, 0.1) is 0 Å². The predicted octanol–water partition coefficient (Wildman–Crippen LogP) is 0.509. The van der Waals surface area contributed by atoms with Crippen LogP contribution in [-0.4, -0.2) is 16.2 Å². The van der Waals surface area contributed by atoms with Crippen LogP contribution >= 0.6 is 0 Å². The molecule has 0 fully saturated rings. The van der Waals surface area contributed by atoms with E-state index in [1.54, 1.807) is 0 Å². The van der Waals surface area contributed by atoms with Crippen molar-refractivity contribution in [3.05, 3.63) is 35.4 Å². The van der Waals surface area contributed by atoms with Gasteiger partial charge in [-0.1, -0.05) is 12.1 Å². The number of nitrogens with two attached hydrogens (primary N) is 1. The normalized spacial score (nSPS) is 15.0. The fraction of sp³-hybridized carbons (Fsp3) is 0.222. The second-order valence-corrected chi connectivity index (χ2v) is 3.03. The highest BCUT2D eigenvalue weighted by Gasteiger charge is 2.16. The van der Waals surface area contributed by atoms with Gasteiger partial charge in [0.2, 0.25) is 0 Å². The Labute approximate surface area is 75.6 Å². The number of aromatic carboxylic acids is 1. The third-order valence-electron chi connectivity index (χ3n) is 1.72. The average Bonchev–Trinajstić information content (AvgIpc) is 2.03. The largest absolute Gasteiger partial charge is 0.478 e. The van der Waals surface area contributed by atoms with Crippen LogP contribution < -0.4 is 5.73 Å². The Morgan fingerprint density at radius 3 is 2.15 bits per heavy atom. The van der Waals surface area contributed by atoms with E-state index in [0.717, 1.165) is 0 Å². The minimum Gasteiger partial charge on any atom is -0.478 e. The Balaban J connectivity index is 3.01. The highest BCUT2D eigenvalue weighted by molar-refractivity contribution is 5.87. The Morgan fingerprint density at radius 2 is 1.85 bits per heavy atom. The molecule has 0 aliphatic carbocycles. The highest BCUT2D eigenvalue weighted by atomic mass is 16.4. The topological polar surface area (TPSA) is 83.5 Å². The molecule has 0 saturated carbocycles. The van der Waals surface area contributed by atoms with Gasteiger partial charge in [-0.25, -0.2) is 4.79 Å².